The second-order valence-corrected chi connectivity index (χ2v) is 4.37. The van der Waals surface area contributed by atoms with E-state index >= 15 is 0 Å². The lowest BCUT2D eigenvalue weighted by Crippen LogP contribution is -2.17. The lowest BCUT2D eigenvalue weighted by atomic mass is 10.1. The molecule has 0 spiro atoms. The highest BCUT2D eigenvalue weighted by Gasteiger charge is 2.31. The van der Waals surface area contributed by atoms with Gasteiger partial charge in [0.15, 0.2) is 0 Å². The van der Waals surface area contributed by atoms with Crippen molar-refractivity contribution in [2.75, 3.05) is 12.4 Å². The summed E-state index contributed by atoms with van der Waals surface area (Å²) in [4.78, 5) is 12.1. The molecular formula is C15H11F4NO3. The van der Waals surface area contributed by atoms with Crippen molar-refractivity contribution < 1.29 is 31.8 Å². The van der Waals surface area contributed by atoms with Gasteiger partial charge in [-0.2, -0.15) is 0 Å². The molecule has 4 nitrogen and oxygen atoms in total. The van der Waals surface area contributed by atoms with Crippen LogP contribution in [0.25, 0.3) is 0 Å². The molecule has 2 rings (SSSR count). The highest BCUT2D eigenvalue weighted by Crippen LogP contribution is 2.25. The lowest BCUT2D eigenvalue weighted by molar-refractivity contribution is -0.274. The molecule has 0 aliphatic heterocycles. The Labute approximate surface area is 128 Å². The van der Waals surface area contributed by atoms with Gasteiger partial charge in [0.05, 0.1) is 12.7 Å². The Bertz CT molecular complexity index is 699. The van der Waals surface area contributed by atoms with Crippen LogP contribution in [0, 0.1) is 5.82 Å². The molecule has 0 aliphatic rings. The minimum Gasteiger partial charge on any atom is -0.496 e. The van der Waals surface area contributed by atoms with E-state index < -0.39 is 23.8 Å². The summed E-state index contributed by atoms with van der Waals surface area (Å²) in [5.41, 5.74) is 0.180. The fraction of sp³-hybridized carbons (Fsp3) is 0.133. The number of anilines is 1. The van der Waals surface area contributed by atoms with Crippen LogP contribution in [0.2, 0.25) is 0 Å². The maximum atomic E-state index is 13.2. The van der Waals surface area contributed by atoms with Gasteiger partial charge in [-0.1, -0.05) is 0 Å². The van der Waals surface area contributed by atoms with E-state index in [1.165, 1.54) is 25.3 Å². The molecule has 0 aliphatic carbocycles. The topological polar surface area (TPSA) is 47.6 Å². The van der Waals surface area contributed by atoms with Crippen molar-refractivity contribution >= 4 is 11.6 Å². The molecule has 122 valence electrons. The Morgan fingerprint density at radius 1 is 1.09 bits per heavy atom. The lowest BCUT2D eigenvalue weighted by Gasteiger charge is -2.11. The highest BCUT2D eigenvalue weighted by molar-refractivity contribution is 6.06. The third-order valence-electron chi connectivity index (χ3n) is 2.75. The SMILES string of the molecule is COc1ccc(F)cc1C(=O)Nc1ccc(OC(F)(F)F)cc1. The molecule has 2 aromatic rings. The van der Waals surface area contributed by atoms with E-state index in [-0.39, 0.29) is 17.0 Å². The molecule has 8 heteroatoms. The van der Waals surface area contributed by atoms with Crippen LogP contribution in [-0.4, -0.2) is 19.4 Å². The van der Waals surface area contributed by atoms with Crippen molar-refractivity contribution in [3.05, 3.63) is 53.8 Å². The third kappa shape index (κ3) is 4.60. The van der Waals surface area contributed by atoms with E-state index in [9.17, 15) is 22.4 Å². The smallest absolute Gasteiger partial charge is 0.496 e. The first-order chi connectivity index (χ1) is 10.8. The van der Waals surface area contributed by atoms with Gasteiger partial charge in [-0.05, 0) is 42.5 Å². The van der Waals surface area contributed by atoms with Gasteiger partial charge in [0.25, 0.3) is 5.91 Å². The molecule has 23 heavy (non-hydrogen) atoms. The van der Waals surface area contributed by atoms with Crippen molar-refractivity contribution in [2.24, 2.45) is 0 Å². The second kappa shape index (κ2) is 6.55. The third-order valence-corrected chi connectivity index (χ3v) is 2.75. The first-order valence-electron chi connectivity index (χ1n) is 6.29. The Morgan fingerprint density at radius 3 is 2.30 bits per heavy atom. The Hall–Kier alpha value is -2.77. The van der Waals surface area contributed by atoms with Crippen LogP contribution >= 0.6 is 0 Å². The molecule has 1 N–H and O–H groups in total. The molecule has 0 heterocycles. The van der Waals surface area contributed by atoms with E-state index in [4.69, 9.17) is 4.74 Å². The zero-order valence-electron chi connectivity index (χ0n) is 11.8. The molecule has 0 unspecified atom stereocenters. The minimum atomic E-state index is -4.79. The number of alkyl halides is 3. The van der Waals surface area contributed by atoms with Crippen LogP contribution in [0.5, 0.6) is 11.5 Å². The van der Waals surface area contributed by atoms with Gasteiger partial charge >= 0.3 is 6.36 Å². The summed E-state index contributed by atoms with van der Waals surface area (Å²) in [6, 6.07) is 7.98. The molecule has 0 saturated heterocycles. The van der Waals surface area contributed by atoms with Crippen LogP contribution in [0.15, 0.2) is 42.5 Å². The predicted octanol–water partition coefficient (Wildman–Crippen LogP) is 3.99. The molecule has 0 bridgehead atoms. The van der Waals surface area contributed by atoms with Crippen molar-refractivity contribution in [1.82, 2.24) is 0 Å². The largest absolute Gasteiger partial charge is 0.573 e. The summed E-state index contributed by atoms with van der Waals surface area (Å²) in [5.74, 6) is -1.53. The number of rotatable bonds is 4. The Kier molecular flexibility index (Phi) is 4.73. The van der Waals surface area contributed by atoms with Gasteiger partial charge in [-0.15, -0.1) is 13.2 Å². The van der Waals surface area contributed by atoms with Crippen LogP contribution in [0.1, 0.15) is 10.4 Å². The number of hydrogen-bond acceptors (Lipinski definition) is 3. The molecule has 0 aromatic heterocycles. The molecule has 2 aromatic carbocycles. The number of amides is 1. The zero-order valence-corrected chi connectivity index (χ0v) is 11.8. The van der Waals surface area contributed by atoms with Gasteiger partial charge < -0.3 is 14.8 Å². The highest BCUT2D eigenvalue weighted by atomic mass is 19.4. The van der Waals surface area contributed by atoms with Gasteiger partial charge in [0.1, 0.15) is 17.3 Å². The van der Waals surface area contributed by atoms with Crippen molar-refractivity contribution in [3.8, 4) is 11.5 Å². The summed E-state index contributed by atoms with van der Waals surface area (Å²) in [6.45, 7) is 0. The van der Waals surface area contributed by atoms with Gasteiger partial charge in [-0.25, -0.2) is 4.39 Å². The van der Waals surface area contributed by atoms with Crippen molar-refractivity contribution in [1.29, 1.82) is 0 Å². The molecule has 0 atom stereocenters. The Morgan fingerprint density at radius 2 is 1.74 bits per heavy atom. The van der Waals surface area contributed by atoms with Crippen molar-refractivity contribution in [2.45, 2.75) is 6.36 Å². The molecule has 0 radical (unpaired) electrons. The Balaban J connectivity index is 2.13. The van der Waals surface area contributed by atoms with Crippen molar-refractivity contribution in [3.63, 3.8) is 0 Å². The van der Waals surface area contributed by atoms with Gasteiger partial charge in [-0.3, -0.25) is 4.79 Å². The maximum absolute atomic E-state index is 13.2. The number of methoxy groups -OCH3 is 1. The minimum absolute atomic E-state index is 0.0388. The maximum Gasteiger partial charge on any atom is 0.573 e. The summed E-state index contributed by atoms with van der Waals surface area (Å²) in [7, 11) is 1.33. The van der Waals surface area contributed by atoms with Crippen LogP contribution in [0.3, 0.4) is 0 Å². The number of benzene rings is 2. The average Bonchev–Trinajstić information content (AvgIpc) is 2.47. The summed E-state index contributed by atoms with van der Waals surface area (Å²) >= 11 is 0. The number of halogens is 4. The predicted molar refractivity (Wildman–Crippen MR) is 74.0 cm³/mol. The summed E-state index contributed by atoms with van der Waals surface area (Å²) < 4.78 is 58.1. The van der Waals surface area contributed by atoms with E-state index in [1.807, 2.05) is 0 Å². The quantitative estimate of drug-likeness (QED) is 0.863. The fourth-order valence-electron chi connectivity index (χ4n) is 1.80. The molecule has 1 amide bonds. The van der Waals surface area contributed by atoms with Gasteiger partial charge in [0.2, 0.25) is 0 Å². The van der Waals surface area contributed by atoms with E-state index in [2.05, 4.69) is 10.1 Å². The zero-order chi connectivity index (χ0) is 17.0. The van der Waals surface area contributed by atoms with Crippen LogP contribution in [-0.2, 0) is 0 Å². The number of carbonyl (C=O) groups excluding carboxylic acids is 1. The monoisotopic (exact) mass is 329 g/mol. The summed E-state index contributed by atoms with van der Waals surface area (Å²) in [5, 5.41) is 2.43. The second-order valence-electron chi connectivity index (χ2n) is 4.37. The molecular weight excluding hydrogens is 318 g/mol. The van der Waals surface area contributed by atoms with E-state index in [0.717, 1.165) is 24.3 Å². The van der Waals surface area contributed by atoms with Crippen LogP contribution in [0.4, 0.5) is 23.2 Å². The summed E-state index contributed by atoms with van der Waals surface area (Å²) in [6.07, 6.45) is -4.79. The van der Waals surface area contributed by atoms with E-state index in [1.54, 1.807) is 0 Å². The average molecular weight is 329 g/mol. The fourth-order valence-corrected chi connectivity index (χ4v) is 1.80. The number of ether oxygens (including phenoxy) is 2. The molecule has 0 fully saturated rings. The molecule has 0 saturated carbocycles. The number of hydrogen-bond donors (Lipinski definition) is 1. The normalized spacial score (nSPS) is 11.0. The van der Waals surface area contributed by atoms with Crippen LogP contribution < -0.4 is 14.8 Å². The first-order valence-corrected chi connectivity index (χ1v) is 6.29. The van der Waals surface area contributed by atoms with E-state index in [0.29, 0.717) is 0 Å². The number of carbonyl (C=O) groups is 1. The number of nitrogens with one attached hydrogen (secondary N) is 1. The first kappa shape index (κ1) is 16.6. The van der Waals surface area contributed by atoms with Gasteiger partial charge in [0, 0.05) is 5.69 Å². The standard InChI is InChI=1S/C15H11F4NO3/c1-22-13-7-2-9(16)8-12(13)14(21)20-10-3-5-11(6-4-10)23-15(17,18)19/h2-8H,1H3,(H,20,21).